The van der Waals surface area contributed by atoms with Gasteiger partial charge in [-0.2, -0.15) is 0 Å². The number of hydrogen-bond donors (Lipinski definition) is 1. The number of nitrogens with zero attached hydrogens (tertiary/aromatic N) is 2. The largest absolute Gasteiger partial charge is 0.467 e. The van der Waals surface area contributed by atoms with E-state index in [1.54, 1.807) is 12.3 Å². The van der Waals surface area contributed by atoms with E-state index in [4.69, 9.17) is 4.42 Å². The Bertz CT molecular complexity index is 803. The van der Waals surface area contributed by atoms with Crippen molar-refractivity contribution in [3.8, 4) is 0 Å². The van der Waals surface area contributed by atoms with E-state index in [1.165, 1.54) is 5.56 Å². The SMILES string of the molecule is O=C(NCc1ccco1)C1CCCN1CC(=O)N1CCCc2ccccc21. The number of hydrogen-bond acceptors (Lipinski definition) is 4. The van der Waals surface area contributed by atoms with Gasteiger partial charge in [-0.25, -0.2) is 0 Å². The van der Waals surface area contributed by atoms with E-state index in [0.29, 0.717) is 6.54 Å². The van der Waals surface area contributed by atoms with Crippen LogP contribution in [0.3, 0.4) is 0 Å². The van der Waals surface area contributed by atoms with E-state index in [1.807, 2.05) is 34.1 Å². The molecule has 1 saturated heterocycles. The molecule has 2 aliphatic heterocycles. The van der Waals surface area contributed by atoms with Crippen LogP contribution in [-0.2, 0) is 22.6 Å². The molecule has 4 rings (SSSR count). The molecule has 6 nitrogen and oxygen atoms in total. The molecule has 27 heavy (non-hydrogen) atoms. The van der Waals surface area contributed by atoms with Crippen LogP contribution in [0.5, 0.6) is 0 Å². The van der Waals surface area contributed by atoms with Crippen molar-refractivity contribution in [3.63, 3.8) is 0 Å². The minimum absolute atomic E-state index is 0.0317. The summed E-state index contributed by atoms with van der Waals surface area (Å²) in [6, 6.07) is 11.5. The van der Waals surface area contributed by atoms with Crippen LogP contribution in [-0.4, -0.2) is 42.4 Å². The molecule has 0 radical (unpaired) electrons. The number of anilines is 1. The van der Waals surface area contributed by atoms with E-state index < -0.39 is 0 Å². The number of benzene rings is 1. The summed E-state index contributed by atoms with van der Waals surface area (Å²) < 4.78 is 5.26. The van der Waals surface area contributed by atoms with Gasteiger partial charge in [0.25, 0.3) is 0 Å². The molecule has 1 aromatic heterocycles. The van der Waals surface area contributed by atoms with Crippen molar-refractivity contribution in [2.24, 2.45) is 0 Å². The summed E-state index contributed by atoms with van der Waals surface area (Å²) in [6.07, 6.45) is 5.31. The Kier molecular flexibility index (Phi) is 5.25. The third kappa shape index (κ3) is 3.90. The molecule has 0 aliphatic carbocycles. The highest BCUT2D eigenvalue weighted by molar-refractivity contribution is 5.96. The van der Waals surface area contributed by atoms with Gasteiger partial charge in [0.1, 0.15) is 5.76 Å². The number of aryl methyl sites for hydroxylation is 1. The fourth-order valence-electron chi connectivity index (χ4n) is 4.07. The van der Waals surface area contributed by atoms with Crippen LogP contribution in [0.1, 0.15) is 30.6 Å². The standard InChI is InChI=1S/C21H25N3O3/c25-20(24-12-3-7-16-6-1-2-9-18(16)24)15-23-11-4-10-19(23)21(26)22-14-17-8-5-13-27-17/h1-2,5-6,8-9,13,19H,3-4,7,10-12,14-15H2,(H,22,26). The van der Waals surface area contributed by atoms with Crippen LogP contribution >= 0.6 is 0 Å². The zero-order valence-corrected chi connectivity index (χ0v) is 15.4. The summed E-state index contributed by atoms with van der Waals surface area (Å²) in [5, 5.41) is 2.93. The smallest absolute Gasteiger partial charge is 0.241 e. The van der Waals surface area contributed by atoms with Crippen molar-refractivity contribution in [3.05, 3.63) is 54.0 Å². The molecule has 3 heterocycles. The van der Waals surface area contributed by atoms with E-state index in [2.05, 4.69) is 11.4 Å². The first-order valence-corrected chi connectivity index (χ1v) is 9.65. The second kappa shape index (κ2) is 7.96. The van der Waals surface area contributed by atoms with E-state index in [9.17, 15) is 9.59 Å². The van der Waals surface area contributed by atoms with Crippen LogP contribution in [0.4, 0.5) is 5.69 Å². The highest BCUT2D eigenvalue weighted by Crippen LogP contribution is 2.27. The topological polar surface area (TPSA) is 65.8 Å². The molecular formula is C21H25N3O3. The van der Waals surface area contributed by atoms with Crippen LogP contribution in [0.2, 0.25) is 0 Å². The fraction of sp³-hybridized carbons (Fsp3) is 0.429. The molecule has 2 aromatic rings. The van der Waals surface area contributed by atoms with Crippen molar-refractivity contribution in [1.82, 2.24) is 10.2 Å². The lowest BCUT2D eigenvalue weighted by atomic mass is 10.0. The summed E-state index contributed by atoms with van der Waals surface area (Å²) in [6.45, 7) is 2.19. The van der Waals surface area contributed by atoms with E-state index in [-0.39, 0.29) is 24.4 Å². The van der Waals surface area contributed by atoms with Crippen molar-refractivity contribution in [2.75, 3.05) is 24.5 Å². The molecule has 0 spiro atoms. The zero-order chi connectivity index (χ0) is 18.6. The number of nitrogens with one attached hydrogen (secondary N) is 1. The lowest BCUT2D eigenvalue weighted by Gasteiger charge is -2.32. The van der Waals surface area contributed by atoms with Gasteiger partial charge in [0.05, 0.1) is 25.4 Å². The first kappa shape index (κ1) is 17.8. The molecule has 0 bridgehead atoms. The van der Waals surface area contributed by atoms with Gasteiger partial charge in [-0.1, -0.05) is 18.2 Å². The summed E-state index contributed by atoms with van der Waals surface area (Å²) in [4.78, 5) is 29.4. The quantitative estimate of drug-likeness (QED) is 0.881. The Morgan fingerprint density at radius 1 is 1.11 bits per heavy atom. The molecule has 1 N–H and O–H groups in total. The molecule has 1 fully saturated rings. The van der Waals surface area contributed by atoms with Crippen molar-refractivity contribution in [2.45, 2.75) is 38.3 Å². The fourth-order valence-corrected chi connectivity index (χ4v) is 4.07. The number of fused-ring (bicyclic) bond motifs is 1. The average Bonchev–Trinajstić information content (AvgIpc) is 3.37. The van der Waals surface area contributed by atoms with E-state index in [0.717, 1.165) is 50.2 Å². The summed E-state index contributed by atoms with van der Waals surface area (Å²) in [7, 11) is 0. The number of amides is 2. The minimum Gasteiger partial charge on any atom is -0.467 e. The highest BCUT2D eigenvalue weighted by atomic mass is 16.3. The van der Waals surface area contributed by atoms with Gasteiger partial charge in [0.2, 0.25) is 11.8 Å². The van der Waals surface area contributed by atoms with Gasteiger partial charge in [0, 0.05) is 12.2 Å². The second-order valence-corrected chi connectivity index (χ2v) is 7.20. The van der Waals surface area contributed by atoms with Gasteiger partial charge >= 0.3 is 0 Å². The number of para-hydroxylation sites is 1. The lowest BCUT2D eigenvalue weighted by Crippen LogP contribution is -2.48. The monoisotopic (exact) mass is 367 g/mol. The number of carbonyl (C=O) groups excluding carboxylic acids is 2. The normalized spacial score (nSPS) is 19.7. The van der Waals surface area contributed by atoms with Gasteiger partial charge in [0.15, 0.2) is 0 Å². The predicted molar refractivity (Wildman–Crippen MR) is 102 cm³/mol. The maximum Gasteiger partial charge on any atom is 0.241 e. The van der Waals surface area contributed by atoms with Crippen molar-refractivity contribution in [1.29, 1.82) is 0 Å². The van der Waals surface area contributed by atoms with Gasteiger partial charge in [-0.05, 0) is 56.0 Å². The van der Waals surface area contributed by atoms with Gasteiger partial charge in [-0.3, -0.25) is 14.5 Å². The number of rotatable bonds is 5. The summed E-state index contributed by atoms with van der Waals surface area (Å²) in [5.74, 6) is 0.775. The molecule has 1 aromatic carbocycles. The average molecular weight is 367 g/mol. The predicted octanol–water partition coefficient (Wildman–Crippen LogP) is 2.34. The van der Waals surface area contributed by atoms with Crippen molar-refractivity contribution >= 4 is 17.5 Å². The molecule has 1 unspecified atom stereocenters. The molecule has 2 aliphatic rings. The Morgan fingerprint density at radius 2 is 2.00 bits per heavy atom. The number of likely N-dealkylation sites (tertiary alicyclic amines) is 1. The molecule has 2 amide bonds. The maximum absolute atomic E-state index is 13.0. The van der Waals surface area contributed by atoms with Gasteiger partial charge < -0.3 is 14.6 Å². The van der Waals surface area contributed by atoms with Crippen molar-refractivity contribution < 1.29 is 14.0 Å². The van der Waals surface area contributed by atoms with E-state index >= 15 is 0 Å². The molecule has 6 heteroatoms. The van der Waals surface area contributed by atoms with Crippen LogP contribution in [0.25, 0.3) is 0 Å². The summed E-state index contributed by atoms with van der Waals surface area (Å²) in [5.41, 5.74) is 2.25. The highest BCUT2D eigenvalue weighted by Gasteiger charge is 2.33. The Morgan fingerprint density at radius 3 is 2.85 bits per heavy atom. The molecule has 1 atom stereocenters. The Hall–Kier alpha value is -2.60. The Labute approximate surface area is 159 Å². The third-order valence-electron chi connectivity index (χ3n) is 5.43. The first-order chi connectivity index (χ1) is 13.2. The van der Waals surface area contributed by atoms with Crippen LogP contribution in [0, 0.1) is 0 Å². The lowest BCUT2D eigenvalue weighted by molar-refractivity contribution is -0.127. The molecule has 0 saturated carbocycles. The first-order valence-electron chi connectivity index (χ1n) is 9.65. The number of carbonyl (C=O) groups is 2. The number of furan rings is 1. The maximum atomic E-state index is 13.0. The second-order valence-electron chi connectivity index (χ2n) is 7.20. The van der Waals surface area contributed by atoms with Crippen LogP contribution < -0.4 is 10.2 Å². The molecule has 142 valence electrons. The minimum atomic E-state index is -0.246. The van der Waals surface area contributed by atoms with Gasteiger partial charge in [-0.15, -0.1) is 0 Å². The van der Waals surface area contributed by atoms with Crippen LogP contribution in [0.15, 0.2) is 47.1 Å². The zero-order valence-electron chi connectivity index (χ0n) is 15.4. The Balaban J connectivity index is 1.38. The third-order valence-corrected chi connectivity index (χ3v) is 5.43. The summed E-state index contributed by atoms with van der Waals surface area (Å²) >= 11 is 0. The molecular weight excluding hydrogens is 342 g/mol.